The second-order valence-corrected chi connectivity index (χ2v) is 8.92. The number of hydrogen-bond acceptors (Lipinski definition) is 4. The summed E-state index contributed by atoms with van der Waals surface area (Å²) >= 11 is 0. The lowest BCUT2D eigenvalue weighted by atomic mass is 10.1. The summed E-state index contributed by atoms with van der Waals surface area (Å²) in [5.41, 5.74) is 3.22. The van der Waals surface area contributed by atoms with Crippen molar-refractivity contribution >= 4 is 21.7 Å². The average molecular weight is 426 g/mol. The van der Waals surface area contributed by atoms with Crippen LogP contribution >= 0.6 is 0 Å². The predicted octanol–water partition coefficient (Wildman–Crippen LogP) is 4.24. The molecule has 0 bridgehead atoms. The third-order valence-corrected chi connectivity index (χ3v) is 5.68. The highest BCUT2D eigenvalue weighted by atomic mass is 32.2. The lowest BCUT2D eigenvalue weighted by Gasteiger charge is -2.25. The van der Waals surface area contributed by atoms with Crippen molar-refractivity contribution in [2.45, 2.75) is 20.1 Å². The Morgan fingerprint density at radius 1 is 0.967 bits per heavy atom. The van der Waals surface area contributed by atoms with Crippen LogP contribution in [0.5, 0.6) is 5.75 Å². The highest BCUT2D eigenvalue weighted by Crippen LogP contribution is 2.33. The SMILES string of the molecule is Cc1ccc(N(Cc2ccccc2)S(C)(=O)=O)c(OCc2ccc(C(=O)O)cc2)c1. The third kappa shape index (κ3) is 5.39. The molecular formula is C23H23NO5S. The van der Waals surface area contributed by atoms with Gasteiger partial charge in [0.05, 0.1) is 24.1 Å². The molecule has 0 aliphatic rings. The number of aromatic carboxylic acids is 1. The maximum absolute atomic E-state index is 12.6. The first-order chi connectivity index (χ1) is 14.2. The number of carbonyl (C=O) groups is 1. The third-order valence-electron chi connectivity index (χ3n) is 4.55. The fraction of sp³-hybridized carbons (Fsp3) is 0.174. The van der Waals surface area contributed by atoms with Crippen LogP contribution in [0.4, 0.5) is 5.69 Å². The minimum absolute atomic E-state index is 0.180. The number of nitrogens with zero attached hydrogens (tertiary/aromatic N) is 1. The zero-order valence-corrected chi connectivity index (χ0v) is 17.6. The van der Waals surface area contributed by atoms with Gasteiger partial charge in [-0.25, -0.2) is 13.2 Å². The van der Waals surface area contributed by atoms with Crippen LogP contribution in [0, 0.1) is 6.92 Å². The van der Waals surface area contributed by atoms with Crippen LogP contribution in [0.15, 0.2) is 72.8 Å². The van der Waals surface area contributed by atoms with Gasteiger partial charge in [0, 0.05) is 0 Å². The molecule has 0 atom stereocenters. The normalized spacial score (nSPS) is 11.1. The van der Waals surface area contributed by atoms with Crippen molar-refractivity contribution in [1.29, 1.82) is 0 Å². The van der Waals surface area contributed by atoms with Crippen molar-refractivity contribution in [3.05, 3.63) is 95.1 Å². The fourth-order valence-corrected chi connectivity index (χ4v) is 3.87. The van der Waals surface area contributed by atoms with Gasteiger partial charge in [-0.3, -0.25) is 4.31 Å². The van der Waals surface area contributed by atoms with Gasteiger partial charge >= 0.3 is 5.97 Å². The largest absolute Gasteiger partial charge is 0.487 e. The molecule has 0 aliphatic heterocycles. The Hall–Kier alpha value is -3.32. The summed E-state index contributed by atoms with van der Waals surface area (Å²) in [7, 11) is -3.56. The molecule has 30 heavy (non-hydrogen) atoms. The fourth-order valence-electron chi connectivity index (χ4n) is 2.98. The number of hydrogen-bond donors (Lipinski definition) is 1. The van der Waals surface area contributed by atoms with Crippen molar-refractivity contribution in [3.63, 3.8) is 0 Å². The van der Waals surface area contributed by atoms with Crippen molar-refractivity contribution in [2.24, 2.45) is 0 Å². The molecule has 0 unspecified atom stereocenters. The van der Waals surface area contributed by atoms with Gasteiger partial charge in [0.25, 0.3) is 0 Å². The van der Waals surface area contributed by atoms with Crippen LogP contribution in [-0.2, 0) is 23.2 Å². The van der Waals surface area contributed by atoms with Crippen LogP contribution in [0.3, 0.4) is 0 Å². The first-order valence-corrected chi connectivity index (χ1v) is 11.2. The number of rotatable bonds is 8. The van der Waals surface area contributed by atoms with E-state index in [9.17, 15) is 13.2 Å². The summed E-state index contributed by atoms with van der Waals surface area (Å²) in [5, 5.41) is 9.02. The molecule has 7 heteroatoms. The van der Waals surface area contributed by atoms with Gasteiger partial charge in [0.15, 0.2) is 0 Å². The molecule has 0 heterocycles. The van der Waals surface area contributed by atoms with Crippen LogP contribution in [0.25, 0.3) is 0 Å². The zero-order valence-electron chi connectivity index (χ0n) is 16.8. The van der Waals surface area contributed by atoms with Crippen LogP contribution in [0.2, 0.25) is 0 Å². The van der Waals surface area contributed by atoms with E-state index in [0.29, 0.717) is 11.4 Å². The number of sulfonamides is 1. The monoisotopic (exact) mass is 425 g/mol. The van der Waals surface area contributed by atoms with E-state index in [1.807, 2.05) is 43.3 Å². The number of ether oxygens (including phenoxy) is 1. The molecule has 0 radical (unpaired) electrons. The Balaban J connectivity index is 1.89. The van der Waals surface area contributed by atoms with E-state index in [1.165, 1.54) is 22.7 Å². The summed E-state index contributed by atoms with van der Waals surface area (Å²) in [6.07, 6.45) is 1.17. The summed E-state index contributed by atoms with van der Waals surface area (Å²) in [6, 6.07) is 21.1. The number of carboxylic acid groups (broad SMARTS) is 1. The zero-order chi connectivity index (χ0) is 21.7. The Morgan fingerprint density at radius 2 is 1.63 bits per heavy atom. The van der Waals surface area contributed by atoms with Gasteiger partial charge in [-0.1, -0.05) is 48.5 Å². The van der Waals surface area contributed by atoms with E-state index in [0.717, 1.165) is 16.7 Å². The molecule has 0 saturated carbocycles. The summed E-state index contributed by atoms with van der Waals surface area (Å²) in [4.78, 5) is 11.0. The lowest BCUT2D eigenvalue weighted by Crippen LogP contribution is -2.29. The molecule has 3 aromatic rings. The summed E-state index contributed by atoms with van der Waals surface area (Å²) in [5.74, 6) is -0.549. The van der Waals surface area contributed by atoms with Crippen molar-refractivity contribution in [2.75, 3.05) is 10.6 Å². The lowest BCUT2D eigenvalue weighted by molar-refractivity contribution is 0.0697. The van der Waals surface area contributed by atoms with Crippen molar-refractivity contribution in [1.82, 2.24) is 0 Å². The van der Waals surface area contributed by atoms with Crippen molar-refractivity contribution in [3.8, 4) is 5.75 Å². The molecular weight excluding hydrogens is 402 g/mol. The van der Waals surface area contributed by atoms with E-state index in [1.54, 1.807) is 24.3 Å². The standard InChI is InChI=1S/C23H23NO5S/c1-17-8-13-21(24(30(2,27)28)15-18-6-4-3-5-7-18)22(14-17)29-16-19-9-11-20(12-10-19)23(25)26/h3-14H,15-16H2,1-2H3,(H,25,26). The molecule has 0 spiro atoms. The summed E-state index contributed by atoms with van der Waals surface area (Å²) in [6.45, 7) is 2.27. The molecule has 6 nitrogen and oxygen atoms in total. The Kier molecular flexibility index (Phi) is 6.42. The molecule has 0 fully saturated rings. The van der Waals surface area contributed by atoms with Crippen LogP contribution in [0.1, 0.15) is 27.0 Å². The maximum Gasteiger partial charge on any atom is 0.335 e. The molecule has 3 aromatic carbocycles. The van der Waals surface area contributed by atoms with Gasteiger partial charge in [0.2, 0.25) is 10.0 Å². The number of aryl methyl sites for hydroxylation is 1. The number of anilines is 1. The van der Waals surface area contributed by atoms with E-state index >= 15 is 0 Å². The molecule has 0 amide bonds. The Labute approximate surface area is 176 Å². The van der Waals surface area contributed by atoms with Crippen LogP contribution < -0.4 is 9.04 Å². The molecule has 3 rings (SSSR count). The predicted molar refractivity (Wildman–Crippen MR) is 116 cm³/mol. The Bertz CT molecular complexity index is 1130. The highest BCUT2D eigenvalue weighted by Gasteiger charge is 2.22. The average Bonchev–Trinajstić information content (AvgIpc) is 2.71. The molecule has 1 N–H and O–H groups in total. The van der Waals surface area contributed by atoms with E-state index < -0.39 is 16.0 Å². The minimum atomic E-state index is -3.56. The van der Waals surface area contributed by atoms with E-state index in [4.69, 9.17) is 9.84 Å². The van der Waals surface area contributed by atoms with Gasteiger partial charge in [0.1, 0.15) is 12.4 Å². The summed E-state index contributed by atoms with van der Waals surface area (Å²) < 4.78 is 32.4. The molecule has 0 aromatic heterocycles. The van der Waals surface area contributed by atoms with Gasteiger partial charge in [-0.05, 0) is 47.9 Å². The Morgan fingerprint density at radius 3 is 2.23 bits per heavy atom. The molecule has 0 saturated heterocycles. The second kappa shape index (κ2) is 9.00. The first kappa shape index (κ1) is 21.4. The van der Waals surface area contributed by atoms with Gasteiger partial charge < -0.3 is 9.84 Å². The molecule has 156 valence electrons. The smallest absolute Gasteiger partial charge is 0.335 e. The number of carboxylic acids is 1. The van der Waals surface area contributed by atoms with Gasteiger partial charge in [-0.15, -0.1) is 0 Å². The molecule has 0 aliphatic carbocycles. The number of benzene rings is 3. The second-order valence-electron chi connectivity index (χ2n) is 7.02. The van der Waals surface area contributed by atoms with Crippen molar-refractivity contribution < 1.29 is 23.1 Å². The van der Waals surface area contributed by atoms with E-state index in [-0.39, 0.29) is 18.7 Å². The maximum atomic E-state index is 12.6. The van der Waals surface area contributed by atoms with E-state index in [2.05, 4.69) is 0 Å². The quantitative estimate of drug-likeness (QED) is 0.584. The highest BCUT2D eigenvalue weighted by molar-refractivity contribution is 7.92. The first-order valence-electron chi connectivity index (χ1n) is 9.31. The van der Waals surface area contributed by atoms with Crippen LogP contribution in [-0.4, -0.2) is 25.7 Å². The minimum Gasteiger partial charge on any atom is -0.487 e. The van der Waals surface area contributed by atoms with Gasteiger partial charge in [-0.2, -0.15) is 0 Å². The topological polar surface area (TPSA) is 83.9 Å².